The minimum absolute atomic E-state index is 0.114. The topological polar surface area (TPSA) is 60.3 Å². The van der Waals surface area contributed by atoms with E-state index in [0.717, 1.165) is 29.8 Å². The average molecular weight is 348 g/mol. The van der Waals surface area contributed by atoms with Crippen molar-refractivity contribution >= 4 is 11.9 Å². The number of aromatic nitrogens is 1. The molecule has 0 radical (unpaired) electrons. The molecule has 1 amide bonds. The molecule has 0 aliphatic heterocycles. The van der Waals surface area contributed by atoms with Crippen LogP contribution in [-0.4, -0.2) is 29.1 Å². The first-order chi connectivity index (χ1) is 12.0. The molecule has 0 atom stereocenters. The Hall–Kier alpha value is -1.78. The van der Waals surface area contributed by atoms with Gasteiger partial charge in [-0.05, 0) is 45.6 Å². The molecule has 0 aromatic carbocycles. The van der Waals surface area contributed by atoms with Crippen LogP contribution in [-0.2, 0) is 23.0 Å². The monoisotopic (exact) mass is 348 g/mol. The van der Waals surface area contributed by atoms with Gasteiger partial charge in [-0.2, -0.15) is 0 Å². The summed E-state index contributed by atoms with van der Waals surface area (Å²) in [5, 5.41) is 3.19. The van der Waals surface area contributed by atoms with Crippen LogP contribution in [0.2, 0.25) is 0 Å². The maximum atomic E-state index is 12.3. The summed E-state index contributed by atoms with van der Waals surface area (Å²) in [5.41, 5.74) is 3.51. The second-order valence-electron chi connectivity index (χ2n) is 7.07. The Labute approximate surface area is 151 Å². The lowest BCUT2D eigenvalue weighted by atomic mass is 10.1. The highest BCUT2D eigenvalue weighted by Crippen LogP contribution is 2.23. The number of hydrogen-bond donors (Lipinski definition) is 1. The Morgan fingerprint density at radius 3 is 2.40 bits per heavy atom. The van der Waals surface area contributed by atoms with Gasteiger partial charge >= 0.3 is 5.97 Å². The van der Waals surface area contributed by atoms with E-state index in [-0.39, 0.29) is 11.9 Å². The van der Waals surface area contributed by atoms with Crippen molar-refractivity contribution in [1.29, 1.82) is 0 Å². The Bertz CT molecular complexity index is 611. The molecule has 0 unspecified atom stereocenters. The molecule has 140 valence electrons. The van der Waals surface area contributed by atoms with E-state index in [2.05, 4.69) is 5.32 Å². The van der Waals surface area contributed by atoms with Crippen molar-refractivity contribution in [1.82, 2.24) is 9.88 Å². The van der Waals surface area contributed by atoms with E-state index < -0.39 is 0 Å². The molecule has 1 heterocycles. The summed E-state index contributed by atoms with van der Waals surface area (Å²) < 4.78 is 7.18. The number of nitrogens with one attached hydrogen (secondary N) is 1. The van der Waals surface area contributed by atoms with E-state index in [1.807, 2.05) is 32.4 Å². The van der Waals surface area contributed by atoms with Gasteiger partial charge in [0.15, 0.2) is 0 Å². The van der Waals surface area contributed by atoms with Gasteiger partial charge in [-0.1, -0.05) is 25.7 Å². The van der Waals surface area contributed by atoms with Gasteiger partial charge in [0.05, 0.1) is 12.2 Å². The van der Waals surface area contributed by atoms with E-state index in [1.165, 1.54) is 25.7 Å². The Kier molecular flexibility index (Phi) is 7.09. The molecule has 1 aliphatic rings. The van der Waals surface area contributed by atoms with Crippen LogP contribution in [0.3, 0.4) is 0 Å². The lowest BCUT2D eigenvalue weighted by Gasteiger charge is -2.16. The second-order valence-corrected chi connectivity index (χ2v) is 7.07. The highest BCUT2D eigenvalue weighted by Gasteiger charge is 2.22. The van der Waals surface area contributed by atoms with Crippen molar-refractivity contribution in [2.24, 2.45) is 7.05 Å². The largest absolute Gasteiger partial charge is 0.462 e. The smallest absolute Gasteiger partial charge is 0.340 e. The predicted octanol–water partition coefficient (Wildman–Crippen LogP) is 3.59. The molecule has 1 aromatic rings. The first-order valence-electron chi connectivity index (χ1n) is 9.56. The van der Waals surface area contributed by atoms with Crippen molar-refractivity contribution in [3.05, 3.63) is 22.5 Å². The third-order valence-corrected chi connectivity index (χ3v) is 5.37. The molecule has 0 bridgehead atoms. The van der Waals surface area contributed by atoms with E-state index in [0.29, 0.717) is 31.1 Å². The summed E-state index contributed by atoms with van der Waals surface area (Å²) in [5.74, 6) is -0.162. The van der Waals surface area contributed by atoms with Crippen molar-refractivity contribution in [3.63, 3.8) is 0 Å². The zero-order valence-electron chi connectivity index (χ0n) is 16.1. The minimum atomic E-state index is -0.276. The van der Waals surface area contributed by atoms with Gasteiger partial charge < -0.3 is 14.6 Å². The fraction of sp³-hybridized carbons (Fsp3) is 0.700. The molecule has 1 N–H and O–H groups in total. The summed E-state index contributed by atoms with van der Waals surface area (Å²) in [4.78, 5) is 24.5. The SMILES string of the molecule is CCOC(=O)c1c(C)c(CCC(=O)NC2CCCCCC2)n(C)c1C. The summed E-state index contributed by atoms with van der Waals surface area (Å²) in [7, 11) is 1.95. The highest BCUT2D eigenvalue weighted by atomic mass is 16.5. The molecule has 25 heavy (non-hydrogen) atoms. The fourth-order valence-corrected chi connectivity index (χ4v) is 3.85. The number of hydrogen-bond acceptors (Lipinski definition) is 3. The average Bonchev–Trinajstić information content (AvgIpc) is 2.76. The number of carbonyl (C=O) groups excluding carboxylic acids is 2. The number of rotatable bonds is 6. The van der Waals surface area contributed by atoms with Crippen molar-refractivity contribution in [3.8, 4) is 0 Å². The lowest BCUT2D eigenvalue weighted by Crippen LogP contribution is -2.34. The number of carbonyl (C=O) groups is 2. The first-order valence-corrected chi connectivity index (χ1v) is 9.56. The van der Waals surface area contributed by atoms with Crippen LogP contribution >= 0.6 is 0 Å². The highest BCUT2D eigenvalue weighted by molar-refractivity contribution is 5.93. The normalized spacial score (nSPS) is 15.7. The summed E-state index contributed by atoms with van der Waals surface area (Å²) in [6, 6.07) is 0.335. The van der Waals surface area contributed by atoms with E-state index in [1.54, 1.807) is 0 Å². The zero-order chi connectivity index (χ0) is 18.4. The third kappa shape index (κ3) is 4.86. The van der Waals surface area contributed by atoms with Crippen molar-refractivity contribution in [2.45, 2.75) is 78.2 Å². The number of amides is 1. The molecule has 1 aromatic heterocycles. The maximum absolute atomic E-state index is 12.3. The quantitative estimate of drug-likeness (QED) is 0.631. The van der Waals surface area contributed by atoms with Crippen molar-refractivity contribution < 1.29 is 14.3 Å². The second kappa shape index (κ2) is 9.07. The Morgan fingerprint density at radius 2 is 1.80 bits per heavy atom. The van der Waals surface area contributed by atoms with Crippen LogP contribution in [0.1, 0.15) is 79.2 Å². The first kappa shape index (κ1) is 19.5. The zero-order valence-corrected chi connectivity index (χ0v) is 16.1. The molecule has 5 nitrogen and oxygen atoms in total. The number of ether oxygens (including phenoxy) is 1. The van der Waals surface area contributed by atoms with Crippen LogP contribution in [0.25, 0.3) is 0 Å². The summed E-state index contributed by atoms with van der Waals surface area (Å²) in [6.45, 7) is 6.04. The molecule has 1 fully saturated rings. The molecule has 0 saturated heterocycles. The standard InChI is InChI=1S/C20H32N2O3/c1-5-25-20(24)19-14(2)17(22(4)15(19)3)12-13-18(23)21-16-10-8-6-7-9-11-16/h16H,5-13H2,1-4H3,(H,21,23). The minimum Gasteiger partial charge on any atom is -0.462 e. The third-order valence-electron chi connectivity index (χ3n) is 5.37. The van der Waals surface area contributed by atoms with Crippen LogP contribution in [0.15, 0.2) is 0 Å². The van der Waals surface area contributed by atoms with Gasteiger partial charge in [-0.3, -0.25) is 4.79 Å². The molecule has 0 spiro atoms. The van der Waals surface area contributed by atoms with E-state index in [9.17, 15) is 9.59 Å². The number of esters is 1. The van der Waals surface area contributed by atoms with Crippen LogP contribution in [0, 0.1) is 13.8 Å². The van der Waals surface area contributed by atoms with Gasteiger partial charge in [-0.25, -0.2) is 4.79 Å². The van der Waals surface area contributed by atoms with Gasteiger partial charge in [0.2, 0.25) is 5.91 Å². The summed E-state index contributed by atoms with van der Waals surface area (Å²) >= 11 is 0. The molecular weight excluding hydrogens is 316 g/mol. The van der Waals surface area contributed by atoms with Gasteiger partial charge in [0.1, 0.15) is 0 Å². The van der Waals surface area contributed by atoms with Gasteiger partial charge in [-0.15, -0.1) is 0 Å². The fourth-order valence-electron chi connectivity index (χ4n) is 3.85. The predicted molar refractivity (Wildman–Crippen MR) is 98.8 cm³/mol. The molecule has 2 rings (SSSR count). The van der Waals surface area contributed by atoms with Crippen LogP contribution < -0.4 is 5.32 Å². The lowest BCUT2D eigenvalue weighted by molar-refractivity contribution is -0.121. The Balaban J connectivity index is 1.99. The number of nitrogens with zero attached hydrogens (tertiary/aromatic N) is 1. The van der Waals surface area contributed by atoms with Gasteiger partial charge in [0.25, 0.3) is 0 Å². The van der Waals surface area contributed by atoms with Crippen LogP contribution in [0.4, 0.5) is 0 Å². The van der Waals surface area contributed by atoms with Crippen molar-refractivity contribution in [2.75, 3.05) is 6.61 Å². The molecule has 5 heteroatoms. The Morgan fingerprint density at radius 1 is 1.16 bits per heavy atom. The molecular formula is C20H32N2O3. The molecule has 1 aliphatic carbocycles. The van der Waals surface area contributed by atoms with Gasteiger partial charge in [0, 0.05) is 30.9 Å². The maximum Gasteiger partial charge on any atom is 0.340 e. The van der Waals surface area contributed by atoms with E-state index >= 15 is 0 Å². The summed E-state index contributed by atoms with van der Waals surface area (Å²) in [6.07, 6.45) is 8.28. The van der Waals surface area contributed by atoms with Crippen LogP contribution in [0.5, 0.6) is 0 Å². The molecule has 1 saturated carbocycles. The van der Waals surface area contributed by atoms with E-state index in [4.69, 9.17) is 4.74 Å².